The van der Waals surface area contributed by atoms with Crippen molar-refractivity contribution in [1.29, 1.82) is 0 Å². The van der Waals surface area contributed by atoms with Gasteiger partial charge in [-0.05, 0) is 26.0 Å². The molecule has 19 heavy (non-hydrogen) atoms. The smallest absolute Gasteiger partial charge is 0.346 e. The number of nitrogens with one attached hydrogen (secondary N) is 2. The molecule has 0 aromatic rings. The quantitative estimate of drug-likeness (QED) is 0.818. The fraction of sp³-hybridized carbons (Fsp3) is 0.917. The van der Waals surface area contributed by atoms with Crippen LogP contribution in [0.5, 0.6) is 0 Å². The molecule has 0 spiro atoms. The Kier molecular flexibility index (Phi) is 6.46. The van der Waals surface area contributed by atoms with Crippen molar-refractivity contribution < 1.29 is 18.0 Å². The second-order valence-corrected chi connectivity index (χ2v) is 5.96. The van der Waals surface area contributed by atoms with Gasteiger partial charge in [0.25, 0.3) is 0 Å². The summed E-state index contributed by atoms with van der Waals surface area (Å²) in [6.07, 6.45) is 2.02. The molecule has 0 aromatic heterocycles. The van der Waals surface area contributed by atoms with Gasteiger partial charge in [0.1, 0.15) is 6.54 Å². The van der Waals surface area contributed by atoms with Gasteiger partial charge in [-0.25, -0.2) is 0 Å². The molecule has 1 aliphatic carbocycles. The second-order valence-electron chi connectivity index (χ2n) is 4.89. The first-order valence-corrected chi connectivity index (χ1v) is 7.75. The van der Waals surface area contributed by atoms with Gasteiger partial charge in [-0.15, -0.1) is 0 Å². The van der Waals surface area contributed by atoms with E-state index in [1.165, 1.54) is 6.42 Å². The molecule has 7 heteroatoms. The van der Waals surface area contributed by atoms with Gasteiger partial charge in [-0.2, -0.15) is 24.9 Å². The highest BCUT2D eigenvalue weighted by Gasteiger charge is 2.30. The van der Waals surface area contributed by atoms with E-state index in [-0.39, 0.29) is 6.04 Å². The fourth-order valence-corrected chi connectivity index (χ4v) is 3.25. The fourth-order valence-electron chi connectivity index (χ4n) is 2.31. The lowest BCUT2D eigenvalue weighted by Gasteiger charge is -2.33. The molecule has 0 aromatic carbocycles. The highest BCUT2D eigenvalue weighted by Crippen LogP contribution is 2.27. The Morgan fingerprint density at radius 1 is 1.37 bits per heavy atom. The number of halogens is 3. The van der Waals surface area contributed by atoms with Gasteiger partial charge < -0.3 is 10.6 Å². The van der Waals surface area contributed by atoms with Crippen molar-refractivity contribution >= 4 is 17.7 Å². The third-order valence-electron chi connectivity index (χ3n) is 3.33. The summed E-state index contributed by atoms with van der Waals surface area (Å²) in [5.74, 6) is -0.595. The Balaban J connectivity index is 2.40. The average molecular weight is 298 g/mol. The van der Waals surface area contributed by atoms with Crippen LogP contribution in [0.1, 0.15) is 32.6 Å². The maximum Gasteiger partial charge on any atom is 0.405 e. The summed E-state index contributed by atoms with van der Waals surface area (Å²) in [6.45, 7) is 0.339. The molecule has 1 amide bonds. The van der Waals surface area contributed by atoms with Gasteiger partial charge in [-0.1, -0.05) is 12.8 Å². The monoisotopic (exact) mass is 298 g/mol. The van der Waals surface area contributed by atoms with Crippen LogP contribution < -0.4 is 10.6 Å². The number of hydrogen-bond acceptors (Lipinski definition) is 3. The lowest BCUT2D eigenvalue weighted by Crippen LogP contribution is -2.51. The molecule has 0 heterocycles. The van der Waals surface area contributed by atoms with Gasteiger partial charge in [-0.3, -0.25) is 4.79 Å². The number of hydrogen-bond donors (Lipinski definition) is 2. The van der Waals surface area contributed by atoms with Crippen molar-refractivity contribution in [2.24, 2.45) is 0 Å². The SMILES string of the molecule is CSC1CCCCC1NC(C)C(=O)NCC(F)(F)F. The van der Waals surface area contributed by atoms with E-state index in [4.69, 9.17) is 0 Å². The zero-order valence-electron chi connectivity index (χ0n) is 11.2. The van der Waals surface area contributed by atoms with E-state index < -0.39 is 24.7 Å². The van der Waals surface area contributed by atoms with E-state index in [0.29, 0.717) is 5.25 Å². The topological polar surface area (TPSA) is 41.1 Å². The molecule has 3 atom stereocenters. The van der Waals surface area contributed by atoms with Crippen LogP contribution in [0, 0.1) is 0 Å². The van der Waals surface area contributed by atoms with E-state index in [2.05, 4.69) is 5.32 Å². The van der Waals surface area contributed by atoms with Crippen LogP contribution in [0.2, 0.25) is 0 Å². The molecule has 0 radical (unpaired) electrons. The lowest BCUT2D eigenvalue weighted by molar-refractivity contribution is -0.139. The summed E-state index contributed by atoms with van der Waals surface area (Å²) >= 11 is 1.75. The van der Waals surface area contributed by atoms with Gasteiger partial charge in [0, 0.05) is 11.3 Å². The summed E-state index contributed by atoms with van der Waals surface area (Å²) in [5, 5.41) is 5.50. The predicted molar refractivity (Wildman–Crippen MR) is 71.2 cm³/mol. The summed E-state index contributed by atoms with van der Waals surface area (Å²) in [4.78, 5) is 11.6. The number of amides is 1. The van der Waals surface area contributed by atoms with Crippen LogP contribution in [0.4, 0.5) is 13.2 Å². The number of carbonyl (C=O) groups excluding carboxylic acids is 1. The number of thioether (sulfide) groups is 1. The van der Waals surface area contributed by atoms with Crippen molar-refractivity contribution in [3.8, 4) is 0 Å². The van der Waals surface area contributed by atoms with Gasteiger partial charge in [0.15, 0.2) is 0 Å². The first kappa shape index (κ1) is 16.6. The Hall–Kier alpha value is -0.430. The molecule has 0 saturated heterocycles. The molecule has 112 valence electrons. The molecule has 0 bridgehead atoms. The van der Waals surface area contributed by atoms with Crippen LogP contribution in [-0.2, 0) is 4.79 Å². The summed E-state index contributed by atoms with van der Waals surface area (Å²) in [6, 6.07) is -0.393. The lowest BCUT2D eigenvalue weighted by atomic mass is 9.94. The van der Waals surface area contributed by atoms with E-state index in [0.717, 1.165) is 19.3 Å². The summed E-state index contributed by atoms with van der Waals surface area (Å²) in [7, 11) is 0. The maximum atomic E-state index is 12.0. The van der Waals surface area contributed by atoms with Gasteiger partial charge in [0.05, 0.1) is 6.04 Å². The molecule has 1 rings (SSSR count). The first-order valence-electron chi connectivity index (χ1n) is 6.47. The molecular weight excluding hydrogens is 277 g/mol. The Labute approximate surface area is 116 Å². The maximum absolute atomic E-state index is 12.0. The molecule has 1 saturated carbocycles. The first-order chi connectivity index (χ1) is 8.83. The Morgan fingerprint density at radius 3 is 2.58 bits per heavy atom. The standard InChI is InChI=1S/C12H21F3N2OS/c1-8(11(18)16-7-12(13,14)15)17-9-5-3-4-6-10(9)19-2/h8-10,17H,3-7H2,1-2H3,(H,16,18). The van der Waals surface area contributed by atoms with Crippen molar-refractivity contribution in [2.45, 2.75) is 56.1 Å². The Bertz CT molecular complexity index is 299. The van der Waals surface area contributed by atoms with Crippen molar-refractivity contribution in [2.75, 3.05) is 12.8 Å². The summed E-state index contributed by atoms with van der Waals surface area (Å²) < 4.78 is 36.0. The van der Waals surface area contributed by atoms with E-state index in [9.17, 15) is 18.0 Å². The third-order valence-corrected chi connectivity index (χ3v) is 4.50. The minimum absolute atomic E-state index is 0.204. The number of rotatable bonds is 5. The van der Waals surface area contributed by atoms with Crippen molar-refractivity contribution in [3.05, 3.63) is 0 Å². The van der Waals surface area contributed by atoms with E-state index in [1.54, 1.807) is 18.7 Å². The van der Waals surface area contributed by atoms with Crippen LogP contribution in [0.25, 0.3) is 0 Å². The van der Waals surface area contributed by atoms with E-state index >= 15 is 0 Å². The molecule has 1 fully saturated rings. The van der Waals surface area contributed by atoms with Crippen molar-refractivity contribution in [1.82, 2.24) is 10.6 Å². The Morgan fingerprint density at radius 2 is 2.00 bits per heavy atom. The normalized spacial score (nSPS) is 25.9. The highest BCUT2D eigenvalue weighted by atomic mass is 32.2. The number of alkyl halides is 3. The molecule has 3 nitrogen and oxygen atoms in total. The summed E-state index contributed by atoms with van der Waals surface area (Å²) in [5.41, 5.74) is 0. The third kappa shape index (κ3) is 6.03. The molecule has 2 N–H and O–H groups in total. The molecule has 3 unspecified atom stereocenters. The molecule has 1 aliphatic rings. The van der Waals surface area contributed by atoms with Crippen LogP contribution in [0.3, 0.4) is 0 Å². The van der Waals surface area contributed by atoms with Crippen molar-refractivity contribution in [3.63, 3.8) is 0 Å². The minimum Gasteiger partial charge on any atom is -0.346 e. The van der Waals surface area contributed by atoms with Crippen LogP contribution >= 0.6 is 11.8 Å². The highest BCUT2D eigenvalue weighted by molar-refractivity contribution is 7.99. The minimum atomic E-state index is -4.36. The molecular formula is C12H21F3N2OS. The molecule has 0 aliphatic heterocycles. The van der Waals surface area contributed by atoms with Crippen LogP contribution in [-0.4, -0.2) is 42.2 Å². The van der Waals surface area contributed by atoms with Gasteiger partial charge in [0.2, 0.25) is 5.91 Å². The largest absolute Gasteiger partial charge is 0.405 e. The van der Waals surface area contributed by atoms with E-state index in [1.807, 2.05) is 11.6 Å². The predicted octanol–water partition coefficient (Wildman–Crippen LogP) is 2.32. The van der Waals surface area contributed by atoms with Gasteiger partial charge >= 0.3 is 6.18 Å². The zero-order chi connectivity index (χ0) is 14.5. The zero-order valence-corrected chi connectivity index (χ0v) is 12.0. The number of carbonyl (C=O) groups is 1. The second kappa shape index (κ2) is 7.38. The average Bonchev–Trinajstić information content (AvgIpc) is 2.35. The van der Waals surface area contributed by atoms with Crippen LogP contribution in [0.15, 0.2) is 0 Å².